The third-order valence-corrected chi connectivity index (χ3v) is 3.66. The molecule has 1 aliphatic heterocycles. The first-order valence-corrected chi connectivity index (χ1v) is 6.98. The quantitative estimate of drug-likeness (QED) is 0.866. The number of hydrogen-bond acceptors (Lipinski definition) is 2. The van der Waals surface area contributed by atoms with E-state index in [0.29, 0.717) is 18.7 Å². The van der Waals surface area contributed by atoms with E-state index >= 15 is 0 Å². The van der Waals surface area contributed by atoms with Crippen molar-refractivity contribution in [3.05, 3.63) is 42.5 Å². The molecule has 0 spiro atoms. The molecule has 1 aliphatic rings. The molecule has 1 N–H and O–H groups in total. The predicted octanol–water partition coefficient (Wildman–Crippen LogP) is 2.52. The molecule has 0 aliphatic carbocycles. The van der Waals surface area contributed by atoms with Gasteiger partial charge in [0.2, 0.25) is 0 Å². The van der Waals surface area contributed by atoms with E-state index in [-0.39, 0.29) is 12.1 Å². The van der Waals surface area contributed by atoms with Crippen LogP contribution in [0.15, 0.2) is 36.9 Å². The molecule has 112 valence electrons. The van der Waals surface area contributed by atoms with Crippen LogP contribution in [0.3, 0.4) is 0 Å². The Morgan fingerprint density at radius 2 is 2.14 bits per heavy atom. The van der Waals surface area contributed by atoms with Crippen molar-refractivity contribution >= 4 is 17.7 Å². The third kappa shape index (κ3) is 2.77. The number of carboxylic acids is 1. The van der Waals surface area contributed by atoms with Gasteiger partial charge in [-0.25, -0.2) is 9.59 Å². The molecule has 1 aromatic carbocycles. The molecular formula is C16H20N2O3. The minimum Gasteiger partial charge on any atom is -0.480 e. The van der Waals surface area contributed by atoms with Crippen LogP contribution in [0.5, 0.6) is 0 Å². The van der Waals surface area contributed by atoms with Crippen LogP contribution in [0.4, 0.5) is 10.5 Å². The fourth-order valence-corrected chi connectivity index (χ4v) is 2.61. The number of nitrogens with zero attached hydrogens (tertiary/aromatic N) is 2. The van der Waals surface area contributed by atoms with Gasteiger partial charge in [-0.05, 0) is 25.5 Å². The molecule has 21 heavy (non-hydrogen) atoms. The van der Waals surface area contributed by atoms with Crippen LogP contribution in [0.25, 0.3) is 0 Å². The number of urea groups is 1. The van der Waals surface area contributed by atoms with Gasteiger partial charge in [-0.15, -0.1) is 6.58 Å². The molecule has 2 amide bonds. The van der Waals surface area contributed by atoms with E-state index in [1.807, 2.05) is 32.0 Å². The number of fused-ring (bicyclic) bond motifs is 1. The van der Waals surface area contributed by atoms with Gasteiger partial charge in [0.05, 0.1) is 0 Å². The van der Waals surface area contributed by atoms with Crippen molar-refractivity contribution in [2.24, 2.45) is 0 Å². The van der Waals surface area contributed by atoms with E-state index in [9.17, 15) is 14.7 Å². The van der Waals surface area contributed by atoms with Crippen molar-refractivity contribution in [3.63, 3.8) is 0 Å². The fraction of sp³-hybridized carbons (Fsp3) is 0.375. The average Bonchev–Trinajstić information content (AvgIpc) is 2.83. The first-order chi connectivity index (χ1) is 9.97. The van der Waals surface area contributed by atoms with Crippen molar-refractivity contribution in [2.45, 2.75) is 32.4 Å². The van der Waals surface area contributed by atoms with Gasteiger partial charge in [0.15, 0.2) is 0 Å². The lowest BCUT2D eigenvalue weighted by atomic mass is 10.1. The molecule has 5 heteroatoms. The number of carboxylic acid groups (broad SMARTS) is 1. The summed E-state index contributed by atoms with van der Waals surface area (Å²) in [4.78, 5) is 27.3. The van der Waals surface area contributed by atoms with Crippen LogP contribution >= 0.6 is 0 Å². The monoisotopic (exact) mass is 288 g/mol. The maximum Gasteiger partial charge on any atom is 0.327 e. The Morgan fingerprint density at radius 1 is 1.48 bits per heavy atom. The maximum atomic E-state index is 12.8. The fourth-order valence-electron chi connectivity index (χ4n) is 2.61. The first-order valence-electron chi connectivity index (χ1n) is 6.98. The number of benzene rings is 1. The summed E-state index contributed by atoms with van der Waals surface area (Å²) in [6.07, 6.45) is 1.99. The number of anilines is 1. The highest BCUT2D eigenvalue weighted by atomic mass is 16.4. The lowest BCUT2D eigenvalue weighted by molar-refractivity contribution is -0.138. The minimum atomic E-state index is -0.984. The second-order valence-electron chi connectivity index (χ2n) is 5.37. The number of carbonyl (C=O) groups excluding carboxylic acids is 1. The number of para-hydroxylation sites is 1. The molecule has 5 nitrogen and oxygen atoms in total. The Hall–Kier alpha value is -2.30. The van der Waals surface area contributed by atoms with Crippen LogP contribution in [-0.2, 0) is 11.2 Å². The highest BCUT2D eigenvalue weighted by Crippen LogP contribution is 2.33. The number of aliphatic carboxylic acids is 1. The van der Waals surface area contributed by atoms with Gasteiger partial charge in [0.1, 0.15) is 6.04 Å². The summed E-state index contributed by atoms with van der Waals surface area (Å²) >= 11 is 0. The zero-order valence-corrected chi connectivity index (χ0v) is 12.3. The molecule has 0 saturated heterocycles. The molecule has 0 radical (unpaired) electrons. The van der Waals surface area contributed by atoms with Crippen molar-refractivity contribution in [3.8, 4) is 0 Å². The normalized spacial score (nSPS) is 16.7. The van der Waals surface area contributed by atoms with E-state index in [1.54, 1.807) is 17.0 Å². The minimum absolute atomic E-state index is 0.0299. The van der Waals surface area contributed by atoms with Crippen molar-refractivity contribution in [1.29, 1.82) is 0 Å². The standard InChI is InChI=1S/C16H20N2O3/c1-4-9-17(11(2)3)16(21)18-13-8-6-5-7-12(13)10-14(18)15(19)20/h4-8,11,14H,1,9-10H2,2-3H3,(H,19,20). The zero-order valence-electron chi connectivity index (χ0n) is 12.3. The molecule has 1 unspecified atom stereocenters. The smallest absolute Gasteiger partial charge is 0.327 e. The summed E-state index contributed by atoms with van der Waals surface area (Å²) in [5.74, 6) is -0.984. The number of amides is 2. The van der Waals surface area contributed by atoms with Crippen molar-refractivity contribution in [2.75, 3.05) is 11.4 Å². The molecule has 1 atom stereocenters. The summed E-state index contributed by atoms with van der Waals surface area (Å²) in [6.45, 7) is 7.86. The highest BCUT2D eigenvalue weighted by molar-refractivity contribution is 6.01. The molecule has 2 rings (SSSR count). The van der Waals surface area contributed by atoms with Gasteiger partial charge in [-0.3, -0.25) is 4.90 Å². The topological polar surface area (TPSA) is 60.9 Å². The Kier molecular flexibility index (Phi) is 4.31. The third-order valence-electron chi connectivity index (χ3n) is 3.66. The van der Waals surface area contributed by atoms with E-state index in [2.05, 4.69) is 6.58 Å². The zero-order chi connectivity index (χ0) is 15.6. The van der Waals surface area contributed by atoms with Gasteiger partial charge < -0.3 is 10.0 Å². The Labute approximate surface area is 124 Å². The summed E-state index contributed by atoms with van der Waals surface area (Å²) < 4.78 is 0. The number of carbonyl (C=O) groups is 2. The summed E-state index contributed by atoms with van der Waals surface area (Å²) in [5, 5.41) is 9.42. The van der Waals surface area contributed by atoms with Gasteiger partial charge in [-0.1, -0.05) is 24.3 Å². The summed E-state index contributed by atoms with van der Waals surface area (Å²) in [5.41, 5.74) is 1.57. The largest absolute Gasteiger partial charge is 0.480 e. The maximum absolute atomic E-state index is 12.8. The van der Waals surface area contributed by atoms with E-state index in [4.69, 9.17) is 0 Å². The van der Waals surface area contributed by atoms with Crippen LogP contribution in [-0.4, -0.2) is 40.6 Å². The van der Waals surface area contributed by atoms with E-state index < -0.39 is 12.0 Å². The molecule has 0 aromatic heterocycles. The summed E-state index contributed by atoms with van der Waals surface area (Å²) in [6, 6.07) is 6.17. The van der Waals surface area contributed by atoms with Crippen LogP contribution in [0.1, 0.15) is 19.4 Å². The van der Waals surface area contributed by atoms with Crippen LogP contribution < -0.4 is 4.90 Å². The number of hydrogen-bond donors (Lipinski definition) is 1. The van der Waals surface area contributed by atoms with Crippen LogP contribution in [0.2, 0.25) is 0 Å². The Morgan fingerprint density at radius 3 is 2.71 bits per heavy atom. The molecule has 0 saturated carbocycles. The van der Waals surface area contributed by atoms with E-state index in [1.165, 1.54) is 4.90 Å². The summed E-state index contributed by atoms with van der Waals surface area (Å²) in [7, 11) is 0. The van der Waals surface area contributed by atoms with Gasteiger partial charge in [-0.2, -0.15) is 0 Å². The van der Waals surface area contributed by atoms with Gasteiger partial charge in [0, 0.05) is 24.7 Å². The SMILES string of the molecule is C=CCN(C(=O)N1c2ccccc2CC1C(=O)O)C(C)C. The lowest BCUT2D eigenvalue weighted by Crippen LogP contribution is -2.51. The predicted molar refractivity (Wildman–Crippen MR) is 81.5 cm³/mol. The Balaban J connectivity index is 2.40. The molecule has 0 fully saturated rings. The van der Waals surface area contributed by atoms with Gasteiger partial charge >= 0.3 is 12.0 Å². The first kappa shape index (κ1) is 15.1. The van der Waals surface area contributed by atoms with Crippen molar-refractivity contribution in [1.82, 2.24) is 4.90 Å². The molecule has 0 bridgehead atoms. The number of rotatable bonds is 4. The Bertz CT molecular complexity index is 568. The highest BCUT2D eigenvalue weighted by Gasteiger charge is 2.40. The second kappa shape index (κ2) is 5.99. The second-order valence-corrected chi connectivity index (χ2v) is 5.37. The van der Waals surface area contributed by atoms with Crippen molar-refractivity contribution < 1.29 is 14.7 Å². The lowest BCUT2D eigenvalue weighted by Gasteiger charge is -2.32. The molecule has 1 aromatic rings. The van der Waals surface area contributed by atoms with Crippen LogP contribution in [0, 0.1) is 0 Å². The average molecular weight is 288 g/mol. The van der Waals surface area contributed by atoms with Gasteiger partial charge in [0.25, 0.3) is 0 Å². The molecule has 1 heterocycles. The van der Waals surface area contributed by atoms with E-state index in [0.717, 1.165) is 5.56 Å². The molecular weight excluding hydrogens is 268 g/mol.